The number of hydrogen-bond donors (Lipinski definition) is 2. The second-order valence-electron chi connectivity index (χ2n) is 10.8. The van der Waals surface area contributed by atoms with E-state index < -0.39 is 39.6 Å². The lowest BCUT2D eigenvalue weighted by atomic mass is 9.89. The quantitative estimate of drug-likeness (QED) is 0.589. The maximum Gasteiger partial charge on any atom is 0.320 e. The van der Waals surface area contributed by atoms with Gasteiger partial charge in [0, 0.05) is 43.2 Å². The number of carbonyl (C=O) groups is 3. The van der Waals surface area contributed by atoms with Crippen molar-refractivity contribution in [2.45, 2.75) is 30.2 Å². The van der Waals surface area contributed by atoms with Gasteiger partial charge in [0.25, 0.3) is 5.91 Å². The SMILES string of the molecule is CS(C)(C)c1c(F)cc(NC(=O)[C@H]2c3ccc4c(c3CCN2C(=O)N2CC(CC(=O)O)C2)OCC4)cc1F. The summed E-state index contributed by atoms with van der Waals surface area (Å²) in [6.07, 6.45) is 6.59. The van der Waals surface area contributed by atoms with Gasteiger partial charge in [-0.15, -0.1) is 0 Å². The Labute approximate surface area is 221 Å². The number of nitrogens with one attached hydrogen (secondary N) is 1. The van der Waals surface area contributed by atoms with Crippen molar-refractivity contribution in [1.82, 2.24) is 9.80 Å². The van der Waals surface area contributed by atoms with Gasteiger partial charge in [0.1, 0.15) is 23.4 Å². The number of carboxylic acids is 1. The lowest BCUT2D eigenvalue weighted by molar-refractivity contribution is -0.139. The largest absolute Gasteiger partial charge is 0.493 e. The van der Waals surface area contributed by atoms with Gasteiger partial charge < -0.3 is 25.0 Å². The first-order chi connectivity index (χ1) is 17.9. The van der Waals surface area contributed by atoms with E-state index in [2.05, 4.69) is 5.32 Å². The summed E-state index contributed by atoms with van der Waals surface area (Å²) in [6, 6.07) is 4.52. The summed E-state index contributed by atoms with van der Waals surface area (Å²) in [6.45, 7) is 1.38. The summed E-state index contributed by atoms with van der Waals surface area (Å²) in [5.41, 5.74) is 2.49. The molecule has 0 aliphatic carbocycles. The number of benzene rings is 2. The van der Waals surface area contributed by atoms with Crippen LogP contribution in [0, 0.1) is 17.6 Å². The Morgan fingerprint density at radius 3 is 2.42 bits per heavy atom. The van der Waals surface area contributed by atoms with Crippen LogP contribution in [0.5, 0.6) is 5.75 Å². The molecule has 2 aromatic rings. The summed E-state index contributed by atoms with van der Waals surface area (Å²) < 4.78 is 35.6. The predicted octanol–water partition coefficient (Wildman–Crippen LogP) is 4.02. The number of hydrogen-bond acceptors (Lipinski definition) is 4. The lowest BCUT2D eigenvalue weighted by Gasteiger charge is -2.45. The molecule has 2 aromatic carbocycles. The Kier molecular flexibility index (Phi) is 6.75. The molecule has 0 saturated carbocycles. The molecule has 0 spiro atoms. The smallest absolute Gasteiger partial charge is 0.320 e. The van der Waals surface area contributed by atoms with Crippen LogP contribution in [-0.4, -0.2) is 77.8 Å². The number of carboxylic acid groups (broad SMARTS) is 1. The molecule has 0 aromatic heterocycles. The fraction of sp³-hybridized carbons (Fsp3) is 0.444. The molecule has 204 valence electrons. The normalized spacial score (nSPS) is 19.2. The molecule has 1 atom stereocenters. The van der Waals surface area contributed by atoms with Crippen LogP contribution in [0.4, 0.5) is 19.3 Å². The van der Waals surface area contributed by atoms with Gasteiger partial charge in [-0.2, -0.15) is 0 Å². The number of ether oxygens (including phenoxy) is 1. The zero-order valence-corrected chi connectivity index (χ0v) is 22.4. The Morgan fingerprint density at radius 1 is 1.11 bits per heavy atom. The Balaban J connectivity index is 1.45. The molecule has 3 aliphatic heterocycles. The molecule has 0 bridgehead atoms. The second kappa shape index (κ2) is 9.76. The van der Waals surface area contributed by atoms with Gasteiger partial charge in [-0.05, 0) is 48.4 Å². The molecule has 0 radical (unpaired) electrons. The highest BCUT2D eigenvalue weighted by molar-refractivity contribution is 8.32. The third-order valence-corrected chi connectivity index (χ3v) is 8.88. The lowest BCUT2D eigenvalue weighted by Crippen LogP contribution is -2.58. The third-order valence-electron chi connectivity index (χ3n) is 7.27. The first kappa shape index (κ1) is 26.3. The highest BCUT2D eigenvalue weighted by atomic mass is 32.3. The fourth-order valence-corrected chi connectivity index (χ4v) is 6.86. The Morgan fingerprint density at radius 2 is 1.79 bits per heavy atom. The van der Waals surface area contributed by atoms with Crippen LogP contribution in [0.3, 0.4) is 0 Å². The minimum absolute atomic E-state index is 0.0109. The first-order valence-corrected chi connectivity index (χ1v) is 15.3. The van der Waals surface area contributed by atoms with Crippen molar-refractivity contribution in [3.63, 3.8) is 0 Å². The van der Waals surface area contributed by atoms with E-state index in [4.69, 9.17) is 9.84 Å². The maximum atomic E-state index is 14.9. The molecule has 3 amide bonds. The van der Waals surface area contributed by atoms with Crippen molar-refractivity contribution < 1.29 is 33.0 Å². The van der Waals surface area contributed by atoms with Gasteiger partial charge in [-0.1, -0.05) is 12.1 Å². The predicted molar refractivity (Wildman–Crippen MR) is 140 cm³/mol. The number of urea groups is 1. The molecule has 38 heavy (non-hydrogen) atoms. The van der Waals surface area contributed by atoms with E-state index >= 15 is 0 Å². The van der Waals surface area contributed by atoms with Crippen LogP contribution >= 0.6 is 10.0 Å². The molecule has 3 heterocycles. The molecule has 11 heteroatoms. The van der Waals surface area contributed by atoms with Crippen molar-refractivity contribution in [3.8, 4) is 5.75 Å². The summed E-state index contributed by atoms with van der Waals surface area (Å²) >= 11 is 0. The molecule has 1 fully saturated rings. The Bertz CT molecular complexity index is 1300. The molecule has 1 saturated heterocycles. The van der Waals surface area contributed by atoms with Crippen molar-refractivity contribution in [3.05, 3.63) is 52.6 Å². The van der Waals surface area contributed by atoms with Gasteiger partial charge in [0.2, 0.25) is 0 Å². The number of anilines is 1. The molecule has 3 aliphatic rings. The van der Waals surface area contributed by atoms with Crippen LogP contribution < -0.4 is 10.1 Å². The number of carbonyl (C=O) groups excluding carboxylic acids is 2. The highest BCUT2D eigenvalue weighted by Crippen LogP contribution is 2.48. The van der Waals surface area contributed by atoms with E-state index in [-0.39, 0.29) is 35.5 Å². The maximum absolute atomic E-state index is 14.9. The van der Waals surface area contributed by atoms with Crippen molar-refractivity contribution in [2.75, 3.05) is 50.3 Å². The average Bonchev–Trinajstić information content (AvgIpc) is 3.27. The average molecular weight is 548 g/mol. The monoisotopic (exact) mass is 547 g/mol. The van der Waals surface area contributed by atoms with Crippen molar-refractivity contribution in [1.29, 1.82) is 0 Å². The van der Waals surface area contributed by atoms with Crippen molar-refractivity contribution in [2.24, 2.45) is 5.92 Å². The molecule has 8 nitrogen and oxygen atoms in total. The zero-order valence-electron chi connectivity index (χ0n) is 21.6. The van der Waals surface area contributed by atoms with Crippen LogP contribution in [0.2, 0.25) is 0 Å². The molecule has 5 rings (SSSR count). The topological polar surface area (TPSA) is 99.2 Å². The van der Waals surface area contributed by atoms with Gasteiger partial charge in [0.15, 0.2) is 0 Å². The summed E-state index contributed by atoms with van der Waals surface area (Å²) in [4.78, 5) is 41.2. The number of nitrogens with zero attached hydrogens (tertiary/aromatic N) is 2. The number of aliphatic carboxylic acids is 1. The summed E-state index contributed by atoms with van der Waals surface area (Å²) in [5, 5.41) is 11.7. The Hall–Kier alpha value is -3.34. The number of fused-ring (bicyclic) bond motifs is 3. The van der Waals surface area contributed by atoms with Gasteiger partial charge >= 0.3 is 12.0 Å². The third kappa shape index (κ3) is 4.79. The fourth-order valence-electron chi connectivity index (χ4n) is 5.57. The number of amides is 3. The zero-order chi connectivity index (χ0) is 27.4. The van der Waals surface area contributed by atoms with Gasteiger partial charge in [-0.25, -0.2) is 23.6 Å². The number of likely N-dealkylation sites (tertiary alicyclic amines) is 1. The minimum Gasteiger partial charge on any atom is -0.493 e. The van der Waals surface area contributed by atoms with Crippen LogP contribution in [-0.2, 0) is 22.4 Å². The summed E-state index contributed by atoms with van der Waals surface area (Å²) in [5.74, 6) is -2.35. The van der Waals surface area contributed by atoms with E-state index in [1.807, 2.05) is 12.1 Å². The van der Waals surface area contributed by atoms with Gasteiger partial charge in [-0.3, -0.25) is 9.59 Å². The molecule has 2 N–H and O–H groups in total. The van der Waals surface area contributed by atoms with E-state index in [1.165, 1.54) is 9.80 Å². The first-order valence-electron chi connectivity index (χ1n) is 12.5. The summed E-state index contributed by atoms with van der Waals surface area (Å²) in [7, 11) is -1.69. The van der Waals surface area contributed by atoms with Crippen LogP contribution in [0.1, 0.15) is 29.2 Å². The molecular formula is C27H31F2N3O5S. The molecule has 0 unspecified atom stereocenters. The van der Waals surface area contributed by atoms with Crippen LogP contribution in [0.25, 0.3) is 0 Å². The number of rotatable bonds is 5. The van der Waals surface area contributed by atoms with Crippen LogP contribution in [0.15, 0.2) is 29.2 Å². The molecular weight excluding hydrogens is 516 g/mol. The van der Waals surface area contributed by atoms with E-state index in [9.17, 15) is 23.2 Å². The van der Waals surface area contributed by atoms with E-state index in [0.29, 0.717) is 31.7 Å². The van der Waals surface area contributed by atoms with E-state index in [1.54, 1.807) is 18.8 Å². The highest BCUT2D eigenvalue weighted by Gasteiger charge is 2.43. The standard InChI is InChI=1S/C27H31F2N3O5S/c1-38(2,3)25-20(28)11-17(12-21(25)29)30-26(35)23-18-5-4-16-7-9-37-24(16)19(18)6-8-32(23)27(36)31-13-15(14-31)10-22(33)34/h4-5,11-12,15,23H,6-10,13-14H2,1-3H3,(H,30,35)(H,33,34)/t23-/m1/s1. The number of halogens is 2. The van der Waals surface area contributed by atoms with E-state index in [0.717, 1.165) is 35.4 Å². The van der Waals surface area contributed by atoms with Crippen molar-refractivity contribution >= 4 is 33.6 Å². The minimum atomic E-state index is -1.69. The second-order valence-corrected chi connectivity index (χ2v) is 14.9. The van der Waals surface area contributed by atoms with Gasteiger partial charge in [0.05, 0.1) is 17.9 Å².